The van der Waals surface area contributed by atoms with Gasteiger partial charge in [0, 0.05) is 5.56 Å². The Labute approximate surface area is 114 Å². The van der Waals surface area contributed by atoms with Gasteiger partial charge < -0.3 is 9.47 Å². The Balaban J connectivity index is 1.81. The molecule has 0 bridgehead atoms. The van der Waals surface area contributed by atoms with Crippen LogP contribution in [0.4, 0.5) is 0 Å². The number of esters is 1. The van der Waals surface area contributed by atoms with Crippen molar-refractivity contribution in [3.63, 3.8) is 0 Å². The molecule has 2 rings (SSSR count). The molecule has 0 atom stereocenters. The Morgan fingerprint density at radius 1 is 1.26 bits per heavy atom. The van der Waals surface area contributed by atoms with E-state index in [-0.39, 0.29) is 18.7 Å². The van der Waals surface area contributed by atoms with Crippen molar-refractivity contribution in [2.24, 2.45) is 0 Å². The molecule has 0 N–H and O–H groups in total. The average Bonchev–Trinajstić information content (AvgIpc) is 2.46. The molecule has 3 nitrogen and oxygen atoms in total. The number of carbonyl (C=O) groups is 1. The van der Waals surface area contributed by atoms with Gasteiger partial charge in [-0.15, -0.1) is 0 Å². The summed E-state index contributed by atoms with van der Waals surface area (Å²) in [6, 6.07) is 7.50. The van der Waals surface area contributed by atoms with Crippen molar-refractivity contribution in [2.45, 2.75) is 38.2 Å². The molecule has 3 heteroatoms. The molecule has 1 fully saturated rings. The SMILES string of the molecule is C=Cc1ccccc1OCC(=O)OC1CCCCC1. The van der Waals surface area contributed by atoms with E-state index < -0.39 is 0 Å². The Hall–Kier alpha value is -1.77. The fourth-order valence-electron chi connectivity index (χ4n) is 2.32. The van der Waals surface area contributed by atoms with E-state index in [1.165, 1.54) is 6.42 Å². The summed E-state index contributed by atoms with van der Waals surface area (Å²) >= 11 is 0. The highest BCUT2D eigenvalue weighted by Gasteiger charge is 2.18. The van der Waals surface area contributed by atoms with Gasteiger partial charge in [0.05, 0.1) is 0 Å². The molecule has 1 aromatic rings. The molecule has 19 heavy (non-hydrogen) atoms. The van der Waals surface area contributed by atoms with E-state index in [1.54, 1.807) is 6.08 Å². The molecule has 0 aromatic heterocycles. The van der Waals surface area contributed by atoms with Gasteiger partial charge >= 0.3 is 5.97 Å². The lowest BCUT2D eigenvalue weighted by Crippen LogP contribution is -2.24. The van der Waals surface area contributed by atoms with Gasteiger partial charge in [0.15, 0.2) is 6.61 Å². The van der Waals surface area contributed by atoms with E-state index in [4.69, 9.17) is 9.47 Å². The van der Waals surface area contributed by atoms with Crippen molar-refractivity contribution in [1.82, 2.24) is 0 Å². The monoisotopic (exact) mass is 260 g/mol. The fraction of sp³-hybridized carbons (Fsp3) is 0.438. The van der Waals surface area contributed by atoms with Crippen LogP contribution in [0.3, 0.4) is 0 Å². The Morgan fingerprint density at radius 2 is 2.00 bits per heavy atom. The van der Waals surface area contributed by atoms with Gasteiger partial charge in [-0.25, -0.2) is 4.79 Å². The first-order chi connectivity index (χ1) is 9.29. The quantitative estimate of drug-likeness (QED) is 0.759. The molecule has 0 aliphatic heterocycles. The van der Waals surface area contributed by atoms with Crippen LogP contribution < -0.4 is 4.74 Å². The van der Waals surface area contributed by atoms with Crippen molar-refractivity contribution in [3.8, 4) is 5.75 Å². The zero-order chi connectivity index (χ0) is 13.5. The topological polar surface area (TPSA) is 35.5 Å². The molecule has 0 heterocycles. The van der Waals surface area contributed by atoms with Crippen molar-refractivity contribution in [2.75, 3.05) is 6.61 Å². The highest BCUT2D eigenvalue weighted by molar-refractivity contribution is 5.71. The van der Waals surface area contributed by atoms with Crippen LogP contribution in [0, 0.1) is 0 Å². The second kappa shape index (κ2) is 6.98. The Bertz CT molecular complexity index is 433. The van der Waals surface area contributed by atoms with Gasteiger partial charge in [-0.1, -0.05) is 37.3 Å². The van der Waals surface area contributed by atoms with Crippen LogP contribution in [-0.2, 0) is 9.53 Å². The lowest BCUT2D eigenvalue weighted by Gasteiger charge is -2.21. The minimum absolute atomic E-state index is 0.0403. The van der Waals surface area contributed by atoms with E-state index in [0.717, 1.165) is 31.2 Å². The maximum absolute atomic E-state index is 11.7. The third kappa shape index (κ3) is 4.12. The number of carbonyl (C=O) groups excluding carboxylic acids is 1. The van der Waals surface area contributed by atoms with Crippen molar-refractivity contribution in [1.29, 1.82) is 0 Å². The molecule has 0 radical (unpaired) electrons. The Morgan fingerprint density at radius 3 is 2.74 bits per heavy atom. The first-order valence-corrected chi connectivity index (χ1v) is 6.83. The van der Waals surface area contributed by atoms with E-state index in [1.807, 2.05) is 24.3 Å². The van der Waals surface area contributed by atoms with Crippen molar-refractivity contribution >= 4 is 12.0 Å². The molecule has 0 unspecified atom stereocenters. The van der Waals surface area contributed by atoms with Crippen LogP contribution in [0.1, 0.15) is 37.7 Å². The summed E-state index contributed by atoms with van der Waals surface area (Å²) in [5, 5.41) is 0. The van der Waals surface area contributed by atoms with Gasteiger partial charge in [-0.3, -0.25) is 0 Å². The standard InChI is InChI=1S/C16H20O3/c1-2-13-8-6-7-11-15(13)18-12-16(17)19-14-9-4-3-5-10-14/h2,6-8,11,14H,1,3-5,9-10,12H2. The van der Waals surface area contributed by atoms with Crippen LogP contribution >= 0.6 is 0 Å². The zero-order valence-corrected chi connectivity index (χ0v) is 11.1. The summed E-state index contributed by atoms with van der Waals surface area (Å²) in [7, 11) is 0. The van der Waals surface area contributed by atoms with Crippen LogP contribution in [0.15, 0.2) is 30.8 Å². The predicted molar refractivity (Wildman–Crippen MR) is 75.0 cm³/mol. The van der Waals surface area contributed by atoms with Crippen molar-refractivity contribution in [3.05, 3.63) is 36.4 Å². The maximum atomic E-state index is 11.7. The lowest BCUT2D eigenvalue weighted by molar-refractivity contribution is -0.152. The molecule has 0 spiro atoms. The Kier molecular flexibility index (Phi) is 5.01. The van der Waals surface area contributed by atoms with E-state index in [2.05, 4.69) is 6.58 Å². The molecule has 1 aliphatic rings. The minimum atomic E-state index is -0.286. The van der Waals surface area contributed by atoms with Gasteiger partial charge in [0.1, 0.15) is 11.9 Å². The van der Waals surface area contributed by atoms with Gasteiger partial charge in [-0.2, -0.15) is 0 Å². The van der Waals surface area contributed by atoms with Crippen LogP contribution in [0.25, 0.3) is 6.08 Å². The third-order valence-corrected chi connectivity index (χ3v) is 3.33. The molecule has 102 valence electrons. The number of hydrogen-bond donors (Lipinski definition) is 0. The van der Waals surface area contributed by atoms with Crippen LogP contribution in [-0.4, -0.2) is 18.7 Å². The summed E-state index contributed by atoms with van der Waals surface area (Å²) in [6.45, 7) is 3.68. The fourth-order valence-corrected chi connectivity index (χ4v) is 2.32. The molecule has 1 saturated carbocycles. The van der Waals surface area contributed by atoms with Gasteiger partial charge in [-0.05, 0) is 31.7 Å². The van der Waals surface area contributed by atoms with E-state index in [9.17, 15) is 4.79 Å². The van der Waals surface area contributed by atoms with E-state index >= 15 is 0 Å². The zero-order valence-electron chi connectivity index (χ0n) is 11.1. The number of rotatable bonds is 5. The highest BCUT2D eigenvalue weighted by atomic mass is 16.6. The molecule has 0 amide bonds. The predicted octanol–water partition coefficient (Wildman–Crippen LogP) is 3.58. The normalized spacial score (nSPS) is 15.8. The average molecular weight is 260 g/mol. The lowest BCUT2D eigenvalue weighted by atomic mass is 9.98. The van der Waals surface area contributed by atoms with Crippen LogP contribution in [0.5, 0.6) is 5.75 Å². The van der Waals surface area contributed by atoms with Gasteiger partial charge in [0.2, 0.25) is 0 Å². The largest absolute Gasteiger partial charge is 0.481 e. The maximum Gasteiger partial charge on any atom is 0.344 e. The summed E-state index contributed by atoms with van der Waals surface area (Å²) in [5.41, 5.74) is 0.882. The van der Waals surface area contributed by atoms with Crippen molar-refractivity contribution < 1.29 is 14.3 Å². The number of ether oxygens (including phenoxy) is 2. The smallest absolute Gasteiger partial charge is 0.344 e. The molecule has 0 saturated heterocycles. The summed E-state index contributed by atoms with van der Waals surface area (Å²) in [6.07, 6.45) is 7.30. The second-order valence-electron chi connectivity index (χ2n) is 4.78. The molecular formula is C16H20O3. The first-order valence-electron chi connectivity index (χ1n) is 6.83. The molecule has 1 aromatic carbocycles. The second-order valence-corrected chi connectivity index (χ2v) is 4.78. The minimum Gasteiger partial charge on any atom is -0.481 e. The van der Waals surface area contributed by atoms with Gasteiger partial charge in [0.25, 0.3) is 0 Å². The summed E-state index contributed by atoms with van der Waals surface area (Å²) in [5.74, 6) is 0.379. The number of hydrogen-bond acceptors (Lipinski definition) is 3. The third-order valence-electron chi connectivity index (χ3n) is 3.33. The molecular weight excluding hydrogens is 240 g/mol. The molecule has 1 aliphatic carbocycles. The number of para-hydroxylation sites is 1. The summed E-state index contributed by atoms with van der Waals surface area (Å²) < 4.78 is 10.9. The summed E-state index contributed by atoms with van der Waals surface area (Å²) in [4.78, 5) is 11.7. The highest BCUT2D eigenvalue weighted by Crippen LogP contribution is 2.21. The first kappa shape index (κ1) is 13.7. The van der Waals surface area contributed by atoms with Crippen LogP contribution in [0.2, 0.25) is 0 Å². The number of benzene rings is 1. The van der Waals surface area contributed by atoms with E-state index in [0.29, 0.717) is 5.75 Å².